The normalized spacial score (nSPS) is 19.9. The van der Waals surface area contributed by atoms with Gasteiger partial charge in [0.2, 0.25) is 0 Å². The number of allylic oxidation sites excluding steroid dienone is 5. The maximum atomic E-state index is 13.7. The van der Waals surface area contributed by atoms with Crippen molar-refractivity contribution in [3.8, 4) is 11.5 Å². The molecule has 1 heterocycles. The Morgan fingerprint density at radius 1 is 1.18 bits per heavy atom. The Bertz CT molecular complexity index is 1190. The summed E-state index contributed by atoms with van der Waals surface area (Å²) >= 11 is 2.28. The molecule has 0 saturated carbocycles. The number of halogens is 2. The number of benzene rings is 2. The van der Waals surface area contributed by atoms with Crippen LogP contribution in [-0.2, 0) is 0 Å². The molecule has 0 radical (unpaired) electrons. The van der Waals surface area contributed by atoms with Gasteiger partial charge in [0.15, 0.2) is 0 Å². The molecule has 178 valence electrons. The zero-order chi connectivity index (χ0) is 24.1. The molecule has 1 atom stereocenters. The van der Waals surface area contributed by atoms with Crippen LogP contribution in [-0.4, -0.2) is 44.3 Å². The molecule has 2 aromatic rings. The number of nitrogens with zero attached hydrogens (tertiary/aromatic N) is 1. The van der Waals surface area contributed by atoms with E-state index in [-0.39, 0.29) is 29.1 Å². The van der Waals surface area contributed by atoms with E-state index in [1.54, 1.807) is 32.4 Å². The Labute approximate surface area is 220 Å². The number of ether oxygens (including phenoxy) is 2. The van der Waals surface area contributed by atoms with Crippen LogP contribution in [0, 0.1) is 8.98 Å². The van der Waals surface area contributed by atoms with Gasteiger partial charge in [-0.3, -0.25) is 0 Å². The van der Waals surface area contributed by atoms with Gasteiger partial charge < -0.3 is 0 Å². The molecule has 34 heavy (non-hydrogen) atoms. The van der Waals surface area contributed by atoms with Gasteiger partial charge in [-0.15, -0.1) is 0 Å². The Morgan fingerprint density at radius 2 is 2.00 bits per heavy atom. The molecule has 7 heteroatoms. The predicted octanol–water partition coefficient (Wildman–Crippen LogP) is 2.75. The first kappa shape index (κ1) is 25.0. The van der Waals surface area contributed by atoms with Gasteiger partial charge in [0, 0.05) is 0 Å². The van der Waals surface area contributed by atoms with Crippen LogP contribution in [0.1, 0.15) is 40.2 Å². The molecule has 1 aliphatic heterocycles. The van der Waals surface area contributed by atoms with E-state index in [2.05, 4.69) is 61.1 Å². The average Bonchev–Trinajstić information content (AvgIpc) is 2.91. The van der Waals surface area contributed by atoms with E-state index in [1.165, 1.54) is 26.5 Å². The van der Waals surface area contributed by atoms with Gasteiger partial charge in [0.05, 0.1) is 7.11 Å². The van der Waals surface area contributed by atoms with Crippen molar-refractivity contribution in [2.24, 2.45) is 0 Å². The van der Waals surface area contributed by atoms with Crippen LogP contribution in [0.15, 0.2) is 71.8 Å². The Morgan fingerprint density at radius 3 is 2.68 bits per heavy atom. The molecule has 0 spiro atoms. The van der Waals surface area contributed by atoms with Crippen LogP contribution in [0.2, 0.25) is 0 Å². The minimum atomic E-state index is -0.174. The van der Waals surface area contributed by atoms with Crippen LogP contribution < -0.4 is 26.7 Å². The van der Waals surface area contributed by atoms with Gasteiger partial charge in [0.25, 0.3) is 0 Å². The fourth-order valence-corrected chi connectivity index (χ4v) is 8.05. The summed E-state index contributed by atoms with van der Waals surface area (Å²) in [7, 11) is 3.17. The SMILES string of the molecule is COc1ccc(C(=O)N2C/C(=C3\C=CC=CC3)CC(c3cccc([I-]I)c3C=N)C2)cc1OC. The number of piperidine rings is 1. The van der Waals surface area contributed by atoms with Gasteiger partial charge in [0.1, 0.15) is 0 Å². The number of rotatable bonds is 6. The number of carbonyl (C=O) groups is 1. The summed E-state index contributed by atoms with van der Waals surface area (Å²) in [5, 5.41) is 8.10. The fourth-order valence-electron chi connectivity index (χ4n) is 4.63. The quantitative estimate of drug-likeness (QED) is 0.377. The van der Waals surface area contributed by atoms with E-state index < -0.39 is 0 Å². The molecule has 1 N–H and O–H groups in total. The summed E-state index contributed by atoms with van der Waals surface area (Å²) in [5.41, 5.74) is 5.35. The van der Waals surface area contributed by atoms with Gasteiger partial charge in [-0.1, -0.05) is 0 Å². The zero-order valence-electron chi connectivity index (χ0n) is 19.2. The molecule has 0 bridgehead atoms. The first-order valence-electron chi connectivity index (χ1n) is 11.0. The molecule has 1 fully saturated rings. The Balaban J connectivity index is 1.73. The molecular weight excluding hydrogens is 654 g/mol. The Kier molecular flexibility index (Phi) is 8.46. The van der Waals surface area contributed by atoms with Crippen LogP contribution in [0.3, 0.4) is 0 Å². The predicted molar refractivity (Wildman–Crippen MR) is 140 cm³/mol. The molecule has 5 nitrogen and oxygen atoms in total. The van der Waals surface area contributed by atoms with Gasteiger partial charge >= 0.3 is 215 Å². The third-order valence-electron chi connectivity index (χ3n) is 6.32. The van der Waals surface area contributed by atoms with E-state index in [9.17, 15) is 4.79 Å². The topological polar surface area (TPSA) is 62.6 Å². The van der Waals surface area contributed by atoms with Crippen molar-refractivity contribution in [2.45, 2.75) is 18.8 Å². The van der Waals surface area contributed by atoms with Gasteiger partial charge in [-0.2, -0.15) is 0 Å². The van der Waals surface area contributed by atoms with Crippen molar-refractivity contribution in [3.63, 3.8) is 0 Å². The Hall–Kier alpha value is -2.14. The molecule has 0 aromatic heterocycles. The summed E-state index contributed by atoms with van der Waals surface area (Å²) in [6.07, 6.45) is 11.7. The monoisotopic (exact) mass is 681 g/mol. The van der Waals surface area contributed by atoms with Crippen LogP contribution in [0.5, 0.6) is 11.5 Å². The van der Waals surface area contributed by atoms with Crippen LogP contribution in [0.4, 0.5) is 0 Å². The second-order valence-corrected chi connectivity index (χ2v) is 12.5. The first-order valence-corrected chi connectivity index (χ1v) is 18.4. The number of amides is 1. The number of nitrogens with one attached hydrogen (secondary N) is 1. The first-order chi connectivity index (χ1) is 16.6. The second-order valence-electron chi connectivity index (χ2n) is 8.24. The van der Waals surface area contributed by atoms with Crippen molar-refractivity contribution < 1.29 is 31.5 Å². The zero-order valence-corrected chi connectivity index (χ0v) is 23.5. The number of methoxy groups -OCH3 is 2. The van der Waals surface area contributed by atoms with Crippen molar-refractivity contribution in [1.29, 1.82) is 5.41 Å². The maximum absolute atomic E-state index is 13.7. The summed E-state index contributed by atoms with van der Waals surface area (Å²) in [4.78, 5) is 15.6. The van der Waals surface area contributed by atoms with Crippen LogP contribution in [0.25, 0.3) is 0 Å². The third-order valence-corrected chi connectivity index (χ3v) is 10.6. The van der Waals surface area contributed by atoms with Crippen molar-refractivity contribution in [1.82, 2.24) is 4.90 Å². The molecule has 2 aromatic carbocycles. The second kappa shape index (κ2) is 11.5. The summed E-state index contributed by atoms with van der Waals surface area (Å²) in [5.74, 6) is 1.27. The molecule has 1 unspecified atom stereocenters. The van der Waals surface area contributed by atoms with Crippen molar-refractivity contribution in [2.75, 3.05) is 27.3 Å². The molecule has 1 aliphatic carbocycles. The van der Waals surface area contributed by atoms with E-state index in [0.29, 0.717) is 30.2 Å². The number of hydrogen-bond acceptors (Lipinski definition) is 4. The van der Waals surface area contributed by atoms with Crippen molar-refractivity contribution in [3.05, 3.63) is 92.1 Å². The number of carbonyl (C=O) groups excluding carboxylic acids is 1. The average molecular weight is 681 g/mol. The fraction of sp³-hybridized carbons (Fsp3) is 0.259. The molecular formula is C27H27I2N2O3-. The van der Waals surface area contributed by atoms with Crippen molar-refractivity contribution >= 4 is 30.7 Å². The van der Waals surface area contributed by atoms with Gasteiger partial charge in [-0.25, -0.2) is 0 Å². The standard InChI is InChI=1S/C27H27I2N2O3/c1-33-25-12-11-19(14-26(25)34-2)27(32)31-16-20(18-7-4-3-5-8-18)13-21(17-31)22-9-6-10-24(29-28)23(22)15-30/h3-7,9-12,14-15,21,30H,8,13,16-17H2,1-2H3/q-1/b20-18+,30-15?. The molecule has 1 amide bonds. The van der Waals surface area contributed by atoms with E-state index in [1.807, 2.05) is 4.90 Å². The molecule has 2 aliphatic rings. The summed E-state index contributed by atoms with van der Waals surface area (Å²) < 4.78 is 12.0. The van der Waals surface area contributed by atoms with E-state index in [4.69, 9.17) is 14.9 Å². The number of hydrogen-bond donors (Lipinski definition) is 1. The van der Waals surface area contributed by atoms with E-state index in [0.717, 1.165) is 18.4 Å². The van der Waals surface area contributed by atoms with Crippen LogP contribution >= 0.6 is 18.6 Å². The minimum absolute atomic E-state index is 0.0204. The van der Waals surface area contributed by atoms with Gasteiger partial charge in [-0.05, 0) is 0 Å². The summed E-state index contributed by atoms with van der Waals surface area (Å²) in [6.45, 7) is 1.23. The summed E-state index contributed by atoms with van der Waals surface area (Å²) in [6, 6.07) is 11.7. The number of likely N-dealkylation sites (tertiary alicyclic amines) is 1. The third kappa shape index (κ3) is 5.25. The van der Waals surface area contributed by atoms with E-state index >= 15 is 0 Å². The molecule has 4 rings (SSSR count). The molecule has 1 saturated heterocycles.